The van der Waals surface area contributed by atoms with Gasteiger partial charge in [-0.1, -0.05) is 35.9 Å². The van der Waals surface area contributed by atoms with Crippen LogP contribution in [0.15, 0.2) is 88.0 Å². The number of alkyl halides is 2. The zero-order chi connectivity index (χ0) is 32.4. The highest BCUT2D eigenvalue weighted by atomic mass is 35.5. The Labute approximate surface area is 264 Å². The highest BCUT2D eigenvalue weighted by molar-refractivity contribution is 7.91. The molecule has 0 bridgehead atoms. The third kappa shape index (κ3) is 6.77. The maximum Gasteiger partial charge on any atom is 0.373 e. The first-order valence-corrected chi connectivity index (χ1v) is 16.1. The van der Waals surface area contributed by atoms with Crippen LogP contribution in [0.25, 0.3) is 5.57 Å². The van der Waals surface area contributed by atoms with Crippen LogP contribution < -0.4 is 0 Å². The van der Waals surface area contributed by atoms with E-state index in [2.05, 4.69) is 10.1 Å². The number of amidine groups is 1. The normalized spacial score (nSPS) is 19.6. The van der Waals surface area contributed by atoms with Crippen molar-refractivity contribution in [3.8, 4) is 0 Å². The van der Waals surface area contributed by atoms with E-state index in [1.807, 2.05) is 0 Å². The molecule has 2 atom stereocenters. The third-order valence-corrected chi connectivity index (χ3v) is 10.1. The van der Waals surface area contributed by atoms with E-state index in [1.54, 1.807) is 34.7 Å². The van der Waals surface area contributed by atoms with E-state index in [4.69, 9.17) is 26.2 Å². The molecule has 1 saturated heterocycles. The first-order chi connectivity index (χ1) is 21.5. The van der Waals surface area contributed by atoms with E-state index in [9.17, 15) is 26.7 Å². The van der Waals surface area contributed by atoms with Crippen LogP contribution in [0.4, 0.5) is 13.2 Å². The molecule has 234 valence electrons. The van der Waals surface area contributed by atoms with Crippen molar-refractivity contribution in [2.45, 2.75) is 35.9 Å². The summed E-state index contributed by atoms with van der Waals surface area (Å²) in [4.78, 5) is 27.5. The average molecular weight is 678 g/mol. The lowest BCUT2D eigenvalue weighted by Crippen LogP contribution is -2.38. The molecule has 4 aromatic rings. The van der Waals surface area contributed by atoms with Crippen LogP contribution in [-0.2, 0) is 19.4 Å². The van der Waals surface area contributed by atoms with Crippen molar-refractivity contribution < 1.29 is 36.3 Å². The predicted molar refractivity (Wildman–Crippen MR) is 158 cm³/mol. The number of aliphatic hydroxyl groups is 1. The van der Waals surface area contributed by atoms with E-state index in [1.165, 1.54) is 41.7 Å². The van der Waals surface area contributed by atoms with Gasteiger partial charge in [0.25, 0.3) is 0 Å². The Morgan fingerprint density at radius 1 is 1.16 bits per heavy atom. The van der Waals surface area contributed by atoms with Gasteiger partial charge in [0.05, 0.1) is 28.5 Å². The molecule has 2 aliphatic rings. The van der Waals surface area contributed by atoms with Gasteiger partial charge in [-0.05, 0) is 36.8 Å². The summed E-state index contributed by atoms with van der Waals surface area (Å²) in [6, 6.07) is 12.3. The summed E-state index contributed by atoms with van der Waals surface area (Å²) in [5.74, 6) is -0.485. The number of thiazole rings is 1. The fourth-order valence-corrected chi connectivity index (χ4v) is 7.65. The smallest absolute Gasteiger partial charge is 0.373 e. The zero-order valence-electron chi connectivity index (χ0n) is 23.1. The second kappa shape index (κ2) is 13.1. The Kier molecular flexibility index (Phi) is 9.37. The number of hydrogen-bond donors (Lipinski definition) is 1. The van der Waals surface area contributed by atoms with Gasteiger partial charge < -0.3 is 10.0 Å². The molecule has 0 spiro atoms. The molecule has 0 radical (unpaired) electrons. The Morgan fingerprint density at radius 3 is 2.51 bits per heavy atom. The first kappa shape index (κ1) is 32.3. The zero-order valence-corrected chi connectivity index (χ0v) is 25.4. The van der Waals surface area contributed by atoms with E-state index in [0.29, 0.717) is 32.4 Å². The Hall–Kier alpha value is -4.14. The van der Waals surface area contributed by atoms with Gasteiger partial charge in [0.1, 0.15) is 11.9 Å². The molecule has 6 rings (SSSR count). The summed E-state index contributed by atoms with van der Waals surface area (Å²) in [6.07, 6.45) is 2.86. The molecule has 0 aliphatic carbocycles. The lowest BCUT2D eigenvalue weighted by atomic mass is 9.90. The molecule has 0 unspecified atom stereocenters. The number of hydrogen-bond acceptors (Lipinski definition) is 10. The number of benzene rings is 2. The van der Waals surface area contributed by atoms with Gasteiger partial charge in [-0.2, -0.15) is 23.5 Å². The highest BCUT2D eigenvalue weighted by Gasteiger charge is 2.47. The topological polar surface area (TPSA) is 135 Å². The van der Waals surface area contributed by atoms with Crippen LogP contribution >= 0.6 is 22.9 Å². The number of halogens is 4. The molecular weight excluding hydrogens is 655 g/mol. The summed E-state index contributed by atoms with van der Waals surface area (Å²) >= 11 is 7.79. The van der Waals surface area contributed by atoms with Gasteiger partial charge in [-0.15, -0.1) is 11.3 Å². The molecule has 16 heteroatoms. The Morgan fingerprint density at radius 2 is 1.89 bits per heavy atom. The van der Waals surface area contributed by atoms with Gasteiger partial charge in [-0.3, -0.25) is 4.99 Å². The summed E-state index contributed by atoms with van der Waals surface area (Å²) in [5, 5.41) is 18.3. The van der Waals surface area contributed by atoms with Crippen molar-refractivity contribution in [1.29, 1.82) is 0 Å². The summed E-state index contributed by atoms with van der Waals surface area (Å²) < 4.78 is 67.7. The third-order valence-electron chi connectivity index (χ3n) is 7.27. The fraction of sp³-hybridized carbons (Fsp3) is 0.241. The fourth-order valence-electron chi connectivity index (χ4n) is 5.28. The van der Waals surface area contributed by atoms with Crippen molar-refractivity contribution in [1.82, 2.24) is 19.7 Å². The maximum absolute atomic E-state index is 14.0. The quantitative estimate of drug-likeness (QED) is 0.270. The average Bonchev–Trinajstić information content (AvgIpc) is 3.77. The highest BCUT2D eigenvalue weighted by Crippen LogP contribution is 2.48. The number of aromatic nitrogens is 3. The standard InChI is InChI=1S/C28H23ClF3N5O3S2.CO2/c29-20-14-17(30)6-7-19(20)24-23(21-8-11-37(35-21)27(31)32)22-15-28(38,9-13-42(39,40)18-4-2-1-3-5-18)16-36(22)25(34-24)26-33-10-12-41-26;2-1-3/h1-8,10-12,14,24,27,38H,9,13,15-16H2;/t24-,28+;/m0./s1. The molecule has 1 fully saturated rings. The van der Waals surface area contributed by atoms with E-state index in [-0.39, 0.29) is 46.9 Å². The minimum absolute atomic E-state index is 0.0199. The number of rotatable bonds is 8. The largest absolute Gasteiger partial charge is 0.388 e. The minimum Gasteiger partial charge on any atom is -0.388 e. The van der Waals surface area contributed by atoms with Crippen LogP contribution in [-0.4, -0.2) is 63.1 Å². The Balaban J connectivity index is 0.00000128. The summed E-state index contributed by atoms with van der Waals surface area (Å²) in [7, 11) is -3.70. The molecule has 1 N–H and O–H groups in total. The maximum atomic E-state index is 14.0. The van der Waals surface area contributed by atoms with Crippen molar-refractivity contribution in [2.24, 2.45) is 4.99 Å². The molecule has 10 nitrogen and oxygen atoms in total. The van der Waals surface area contributed by atoms with Gasteiger partial charge >= 0.3 is 12.7 Å². The number of fused-ring (bicyclic) bond motifs is 1. The summed E-state index contributed by atoms with van der Waals surface area (Å²) in [5.41, 5.74) is -0.0377. The molecule has 2 aromatic carbocycles. The molecular formula is C29H23ClF3N5O5S2. The van der Waals surface area contributed by atoms with Crippen molar-refractivity contribution >= 4 is 50.3 Å². The lowest BCUT2D eigenvalue weighted by Gasteiger charge is -2.32. The van der Waals surface area contributed by atoms with Crippen LogP contribution in [0.3, 0.4) is 0 Å². The van der Waals surface area contributed by atoms with E-state index < -0.39 is 33.8 Å². The van der Waals surface area contributed by atoms with Crippen molar-refractivity contribution in [3.63, 3.8) is 0 Å². The number of carbonyl (C=O) groups excluding carboxylic acids is 2. The predicted octanol–water partition coefficient (Wildman–Crippen LogP) is 5.16. The van der Waals surface area contributed by atoms with E-state index >= 15 is 0 Å². The number of sulfone groups is 1. The molecule has 2 aliphatic heterocycles. The molecule has 4 heterocycles. The van der Waals surface area contributed by atoms with Gasteiger partial charge in [0.15, 0.2) is 20.7 Å². The van der Waals surface area contributed by atoms with Crippen LogP contribution in [0.1, 0.15) is 41.7 Å². The van der Waals surface area contributed by atoms with Crippen LogP contribution in [0.2, 0.25) is 5.02 Å². The molecule has 45 heavy (non-hydrogen) atoms. The monoisotopic (exact) mass is 677 g/mol. The van der Waals surface area contributed by atoms with Crippen molar-refractivity contribution in [3.05, 3.63) is 105 Å². The molecule has 0 amide bonds. The second-order valence-electron chi connectivity index (χ2n) is 10.1. The summed E-state index contributed by atoms with van der Waals surface area (Å²) in [6.45, 7) is -2.91. The van der Waals surface area contributed by atoms with Crippen LogP contribution in [0.5, 0.6) is 0 Å². The molecule has 0 saturated carbocycles. The SMILES string of the molecule is O=C=O.O=S(=O)(CC[C@@]1(O)CC2=C(c3ccn(C(F)F)n3)[C@H](c3ccc(F)cc3Cl)N=C(c3nccs3)N2C1)c1ccccc1. The number of aliphatic imine (C=N–C) groups is 1. The van der Waals surface area contributed by atoms with Gasteiger partial charge in [0, 0.05) is 46.1 Å². The minimum atomic E-state index is -3.70. The lowest BCUT2D eigenvalue weighted by molar-refractivity contribution is -0.191. The number of nitrogens with zero attached hydrogens (tertiary/aromatic N) is 5. The van der Waals surface area contributed by atoms with Gasteiger partial charge in [0.2, 0.25) is 0 Å². The molecule has 2 aromatic heterocycles. The second-order valence-corrected chi connectivity index (χ2v) is 13.5. The van der Waals surface area contributed by atoms with Gasteiger partial charge in [-0.25, -0.2) is 22.5 Å². The first-order valence-electron chi connectivity index (χ1n) is 13.2. The van der Waals surface area contributed by atoms with Crippen LogP contribution in [0, 0.1) is 5.82 Å². The van der Waals surface area contributed by atoms with E-state index in [0.717, 1.165) is 12.3 Å². The Bertz CT molecular complexity index is 1900. The van der Waals surface area contributed by atoms with Crippen molar-refractivity contribution in [2.75, 3.05) is 12.3 Å².